The van der Waals surface area contributed by atoms with Gasteiger partial charge in [0.2, 0.25) is 0 Å². The molecule has 1 aromatic carbocycles. The van der Waals surface area contributed by atoms with Gasteiger partial charge in [-0.05, 0) is 44.9 Å². The molecule has 1 aliphatic carbocycles. The lowest BCUT2D eigenvalue weighted by Gasteiger charge is -2.19. The largest absolute Gasteiger partial charge is 0.478 e. The van der Waals surface area contributed by atoms with Gasteiger partial charge < -0.3 is 15.2 Å². The summed E-state index contributed by atoms with van der Waals surface area (Å²) in [6, 6.07) is 6.83. The molecular formula is C15H19NO4. The van der Waals surface area contributed by atoms with E-state index in [9.17, 15) is 9.59 Å². The van der Waals surface area contributed by atoms with E-state index < -0.39 is 17.7 Å². The fourth-order valence-electron chi connectivity index (χ4n) is 2.05. The molecule has 0 heterocycles. The van der Waals surface area contributed by atoms with Crippen LogP contribution in [0.2, 0.25) is 0 Å². The van der Waals surface area contributed by atoms with E-state index in [2.05, 4.69) is 5.32 Å². The van der Waals surface area contributed by atoms with E-state index in [4.69, 9.17) is 9.84 Å². The van der Waals surface area contributed by atoms with E-state index in [1.807, 2.05) is 20.8 Å². The van der Waals surface area contributed by atoms with Crippen LogP contribution in [0.5, 0.6) is 0 Å². The molecule has 1 fully saturated rings. The minimum absolute atomic E-state index is 0.0699. The first kappa shape index (κ1) is 14.4. The van der Waals surface area contributed by atoms with Gasteiger partial charge in [-0.3, -0.25) is 0 Å². The number of amides is 1. The number of carboxylic acid groups (broad SMARTS) is 1. The summed E-state index contributed by atoms with van der Waals surface area (Å²) in [5.74, 6) is -0.693. The summed E-state index contributed by atoms with van der Waals surface area (Å²) < 4.78 is 5.20. The van der Waals surface area contributed by atoms with Gasteiger partial charge in [-0.15, -0.1) is 0 Å². The second-order valence-corrected chi connectivity index (χ2v) is 6.02. The Hall–Kier alpha value is -2.04. The molecule has 0 spiro atoms. The Morgan fingerprint density at radius 2 is 1.85 bits per heavy atom. The molecule has 20 heavy (non-hydrogen) atoms. The second kappa shape index (κ2) is 5.15. The smallest absolute Gasteiger partial charge is 0.407 e. The van der Waals surface area contributed by atoms with Crippen molar-refractivity contribution < 1.29 is 19.4 Å². The van der Waals surface area contributed by atoms with Gasteiger partial charge in [0.05, 0.1) is 5.56 Å². The molecule has 1 amide bonds. The molecule has 0 radical (unpaired) electrons. The molecule has 2 rings (SSSR count). The maximum Gasteiger partial charge on any atom is 0.407 e. The fraction of sp³-hybridized carbons (Fsp3) is 0.467. The normalized spacial score (nSPS) is 21.1. The number of ether oxygens (including phenoxy) is 1. The highest BCUT2D eigenvalue weighted by Crippen LogP contribution is 2.40. The van der Waals surface area contributed by atoms with Crippen LogP contribution in [0.4, 0.5) is 4.79 Å². The first-order chi connectivity index (χ1) is 9.26. The van der Waals surface area contributed by atoms with Gasteiger partial charge >= 0.3 is 12.1 Å². The SMILES string of the molecule is CC(C)(C)OC(=O)N[C@H]1C[C@@H]1c1ccc(C(=O)O)cc1. The third-order valence-electron chi connectivity index (χ3n) is 3.08. The van der Waals surface area contributed by atoms with Gasteiger partial charge in [-0.2, -0.15) is 0 Å². The summed E-state index contributed by atoms with van der Waals surface area (Å²) in [6.45, 7) is 5.46. The summed E-state index contributed by atoms with van der Waals surface area (Å²) >= 11 is 0. The van der Waals surface area contributed by atoms with Crippen molar-refractivity contribution in [2.75, 3.05) is 0 Å². The lowest BCUT2D eigenvalue weighted by Crippen LogP contribution is -2.34. The number of carbonyl (C=O) groups is 2. The number of nitrogens with one attached hydrogen (secondary N) is 1. The quantitative estimate of drug-likeness (QED) is 0.890. The maximum atomic E-state index is 11.6. The summed E-state index contributed by atoms with van der Waals surface area (Å²) in [7, 11) is 0. The Morgan fingerprint density at radius 1 is 1.25 bits per heavy atom. The van der Waals surface area contributed by atoms with Gasteiger partial charge in [0.1, 0.15) is 5.60 Å². The van der Waals surface area contributed by atoms with Gasteiger partial charge in [-0.1, -0.05) is 12.1 Å². The molecule has 0 aromatic heterocycles. The number of benzene rings is 1. The van der Waals surface area contributed by atoms with Crippen LogP contribution in [-0.2, 0) is 4.74 Å². The molecule has 2 N–H and O–H groups in total. The summed E-state index contributed by atoms with van der Waals surface area (Å²) in [6.07, 6.45) is 0.443. The molecule has 0 saturated heterocycles. The first-order valence-electron chi connectivity index (χ1n) is 6.59. The Bertz CT molecular complexity index is 516. The fourth-order valence-corrected chi connectivity index (χ4v) is 2.05. The highest BCUT2D eigenvalue weighted by atomic mass is 16.6. The van der Waals surface area contributed by atoms with Crippen molar-refractivity contribution in [3.8, 4) is 0 Å². The van der Waals surface area contributed by atoms with Crippen LogP contribution >= 0.6 is 0 Å². The van der Waals surface area contributed by atoms with E-state index in [0.717, 1.165) is 12.0 Å². The van der Waals surface area contributed by atoms with Crippen molar-refractivity contribution in [2.24, 2.45) is 0 Å². The first-order valence-corrected chi connectivity index (χ1v) is 6.59. The number of carbonyl (C=O) groups excluding carboxylic acids is 1. The van der Waals surface area contributed by atoms with Crippen molar-refractivity contribution >= 4 is 12.1 Å². The van der Waals surface area contributed by atoms with Crippen LogP contribution in [0, 0.1) is 0 Å². The Morgan fingerprint density at radius 3 is 2.35 bits per heavy atom. The number of carboxylic acids is 1. The van der Waals surface area contributed by atoms with E-state index in [1.54, 1.807) is 24.3 Å². The minimum Gasteiger partial charge on any atom is -0.478 e. The molecule has 5 nitrogen and oxygen atoms in total. The van der Waals surface area contributed by atoms with Crippen molar-refractivity contribution in [3.05, 3.63) is 35.4 Å². The summed E-state index contributed by atoms with van der Waals surface area (Å²) in [4.78, 5) is 22.4. The van der Waals surface area contributed by atoms with Gasteiger partial charge in [0, 0.05) is 12.0 Å². The standard InChI is InChI=1S/C15H19NO4/c1-15(2,3)20-14(19)16-12-8-11(12)9-4-6-10(7-5-9)13(17)18/h4-7,11-12H,8H2,1-3H3,(H,16,19)(H,17,18)/t11-,12+/m1/s1. The maximum absolute atomic E-state index is 11.6. The molecule has 1 aromatic rings. The summed E-state index contributed by atoms with van der Waals surface area (Å²) in [5.41, 5.74) is 0.805. The highest BCUT2D eigenvalue weighted by molar-refractivity contribution is 5.87. The number of alkyl carbamates (subject to hydrolysis) is 1. The van der Waals surface area contributed by atoms with Crippen LogP contribution in [0.1, 0.15) is 49.0 Å². The highest BCUT2D eigenvalue weighted by Gasteiger charge is 2.40. The number of aromatic carboxylic acids is 1. The molecular weight excluding hydrogens is 258 g/mol. The third-order valence-corrected chi connectivity index (χ3v) is 3.08. The van der Waals surface area contributed by atoms with Crippen LogP contribution in [0.25, 0.3) is 0 Å². The Labute approximate surface area is 117 Å². The van der Waals surface area contributed by atoms with Crippen molar-refractivity contribution in [1.82, 2.24) is 5.32 Å². The third kappa shape index (κ3) is 3.73. The van der Waals surface area contributed by atoms with Gasteiger partial charge in [0.25, 0.3) is 0 Å². The molecule has 0 aliphatic heterocycles. The van der Waals surface area contributed by atoms with Crippen LogP contribution in [-0.4, -0.2) is 28.8 Å². The number of hydrogen-bond donors (Lipinski definition) is 2. The Kier molecular flexibility index (Phi) is 3.70. The lowest BCUT2D eigenvalue weighted by molar-refractivity contribution is 0.0522. The zero-order chi connectivity index (χ0) is 14.9. The zero-order valence-corrected chi connectivity index (χ0v) is 11.8. The molecule has 5 heteroatoms. The van der Waals surface area contributed by atoms with E-state index in [0.29, 0.717) is 0 Å². The average molecular weight is 277 g/mol. The molecule has 2 atom stereocenters. The second-order valence-electron chi connectivity index (χ2n) is 6.02. The molecule has 108 valence electrons. The van der Waals surface area contributed by atoms with E-state index in [1.165, 1.54) is 0 Å². The van der Waals surface area contributed by atoms with E-state index in [-0.39, 0.29) is 17.5 Å². The van der Waals surface area contributed by atoms with Gasteiger partial charge in [-0.25, -0.2) is 9.59 Å². The number of hydrogen-bond acceptors (Lipinski definition) is 3. The monoisotopic (exact) mass is 277 g/mol. The van der Waals surface area contributed by atoms with Crippen LogP contribution in [0.3, 0.4) is 0 Å². The van der Waals surface area contributed by atoms with E-state index >= 15 is 0 Å². The van der Waals surface area contributed by atoms with Crippen LogP contribution < -0.4 is 5.32 Å². The van der Waals surface area contributed by atoms with Gasteiger partial charge in [0.15, 0.2) is 0 Å². The average Bonchev–Trinajstić information content (AvgIpc) is 3.05. The predicted molar refractivity (Wildman–Crippen MR) is 73.9 cm³/mol. The topological polar surface area (TPSA) is 75.6 Å². The van der Waals surface area contributed by atoms with Crippen molar-refractivity contribution in [2.45, 2.75) is 44.8 Å². The van der Waals surface area contributed by atoms with Crippen molar-refractivity contribution in [1.29, 1.82) is 0 Å². The predicted octanol–water partition coefficient (Wildman–Crippen LogP) is 2.77. The Balaban J connectivity index is 1.88. The summed E-state index contributed by atoms with van der Waals surface area (Å²) in [5, 5.41) is 11.7. The molecule has 0 bridgehead atoms. The lowest BCUT2D eigenvalue weighted by atomic mass is 10.1. The minimum atomic E-state index is -0.934. The van der Waals surface area contributed by atoms with Crippen LogP contribution in [0.15, 0.2) is 24.3 Å². The molecule has 1 saturated carbocycles. The van der Waals surface area contributed by atoms with Crippen molar-refractivity contribution in [3.63, 3.8) is 0 Å². The zero-order valence-electron chi connectivity index (χ0n) is 11.8. The molecule has 1 aliphatic rings. The number of rotatable bonds is 3. The molecule has 0 unspecified atom stereocenters.